The first-order chi connectivity index (χ1) is 19.6. The lowest BCUT2D eigenvalue weighted by atomic mass is 9.77. The maximum atomic E-state index is 14.0. The van der Waals surface area contributed by atoms with E-state index in [2.05, 4.69) is 54.4 Å². The Morgan fingerprint density at radius 1 is 0.925 bits per heavy atom. The molecule has 8 heteroatoms. The van der Waals surface area contributed by atoms with Gasteiger partial charge in [0.15, 0.2) is 0 Å². The van der Waals surface area contributed by atoms with E-state index in [1.54, 1.807) is 12.5 Å². The minimum atomic E-state index is -0.706. The number of aliphatic imine (C=N–C) groups is 1. The number of aryl methyl sites for hydroxylation is 1. The third-order valence-corrected chi connectivity index (χ3v) is 7.62. The van der Waals surface area contributed by atoms with Gasteiger partial charge in [0, 0.05) is 36.6 Å². The Bertz CT molecular complexity index is 1580. The molecule has 1 aliphatic rings. The number of amides is 1. The van der Waals surface area contributed by atoms with Gasteiger partial charge >= 0.3 is 0 Å². The van der Waals surface area contributed by atoms with Crippen molar-refractivity contribution in [1.82, 2.24) is 19.9 Å². The Kier molecular flexibility index (Phi) is 7.06. The predicted octanol–water partition coefficient (Wildman–Crippen LogP) is 5.42. The fraction of sp³-hybridized carbons (Fsp3) is 0.219. The molecule has 0 unspecified atom stereocenters. The molecule has 2 aromatic carbocycles. The lowest BCUT2D eigenvalue weighted by Crippen LogP contribution is -2.49. The molecule has 40 heavy (non-hydrogen) atoms. The number of aromatic amines is 1. The van der Waals surface area contributed by atoms with Gasteiger partial charge in [-0.2, -0.15) is 0 Å². The molecule has 1 aliphatic heterocycles. The molecule has 6 rings (SSSR count). The number of anilines is 2. The van der Waals surface area contributed by atoms with Crippen LogP contribution in [0.3, 0.4) is 0 Å². The van der Waals surface area contributed by atoms with Crippen molar-refractivity contribution >= 4 is 34.3 Å². The SMILES string of the molecule is Cc1ccc(NC(=O)C2(CN=C(c3ccccc3)c3ccccc3)CCN(c3ncnc4[nH]ccc34)CC2)nc1. The number of hydrogen-bond donors (Lipinski definition) is 2. The van der Waals surface area contributed by atoms with Gasteiger partial charge < -0.3 is 15.2 Å². The molecule has 0 bridgehead atoms. The molecule has 0 aliphatic carbocycles. The summed E-state index contributed by atoms with van der Waals surface area (Å²) < 4.78 is 0. The quantitative estimate of drug-likeness (QED) is 0.274. The van der Waals surface area contributed by atoms with E-state index in [4.69, 9.17) is 4.99 Å². The van der Waals surface area contributed by atoms with Gasteiger partial charge in [-0.15, -0.1) is 0 Å². The zero-order valence-electron chi connectivity index (χ0n) is 22.4. The second kappa shape index (κ2) is 11.1. The van der Waals surface area contributed by atoms with Crippen molar-refractivity contribution < 1.29 is 4.79 Å². The number of fused-ring (bicyclic) bond motifs is 1. The molecule has 0 spiro atoms. The monoisotopic (exact) mass is 529 g/mol. The minimum Gasteiger partial charge on any atom is -0.356 e. The molecule has 5 aromatic rings. The van der Waals surface area contributed by atoms with Crippen molar-refractivity contribution in [2.75, 3.05) is 29.9 Å². The fourth-order valence-corrected chi connectivity index (χ4v) is 5.28. The van der Waals surface area contributed by atoms with E-state index in [1.165, 1.54) is 0 Å². The highest BCUT2D eigenvalue weighted by molar-refractivity contribution is 6.13. The van der Waals surface area contributed by atoms with Gasteiger partial charge in [0.25, 0.3) is 0 Å². The number of carbonyl (C=O) groups excluding carboxylic acids is 1. The summed E-state index contributed by atoms with van der Waals surface area (Å²) in [6, 6.07) is 26.1. The molecule has 0 atom stereocenters. The topological polar surface area (TPSA) is 99.2 Å². The molecular formula is C32H31N7O. The number of nitrogens with zero attached hydrogens (tertiary/aromatic N) is 5. The summed E-state index contributed by atoms with van der Waals surface area (Å²) in [6.45, 7) is 3.69. The largest absolute Gasteiger partial charge is 0.356 e. The summed E-state index contributed by atoms with van der Waals surface area (Å²) in [6.07, 6.45) is 6.48. The minimum absolute atomic E-state index is 0.0535. The third kappa shape index (κ3) is 5.20. The summed E-state index contributed by atoms with van der Waals surface area (Å²) >= 11 is 0. The summed E-state index contributed by atoms with van der Waals surface area (Å²) in [5.74, 6) is 1.39. The molecule has 4 heterocycles. The maximum Gasteiger partial charge on any atom is 0.233 e. The molecule has 1 saturated heterocycles. The van der Waals surface area contributed by atoms with Gasteiger partial charge in [0.2, 0.25) is 5.91 Å². The molecule has 1 amide bonds. The van der Waals surface area contributed by atoms with E-state index in [0.29, 0.717) is 38.3 Å². The number of hydrogen-bond acceptors (Lipinski definition) is 6. The summed E-state index contributed by atoms with van der Waals surface area (Å²) in [4.78, 5) is 37.9. The Morgan fingerprint density at radius 2 is 1.62 bits per heavy atom. The van der Waals surface area contributed by atoms with Crippen LogP contribution in [-0.4, -0.2) is 51.2 Å². The smallest absolute Gasteiger partial charge is 0.233 e. The van der Waals surface area contributed by atoms with E-state index in [1.807, 2.05) is 67.7 Å². The average Bonchev–Trinajstić information content (AvgIpc) is 3.49. The Balaban J connectivity index is 1.33. The normalized spacial score (nSPS) is 14.6. The van der Waals surface area contributed by atoms with Crippen LogP contribution < -0.4 is 10.2 Å². The van der Waals surface area contributed by atoms with E-state index >= 15 is 0 Å². The standard InChI is InChI=1S/C32H31N7O/c1-23-12-13-27(34-20-23)38-31(40)32(15-18-39(19-16-32)30-26-14-17-33-29(26)36-22-37-30)21-35-28(24-8-4-2-5-9-24)25-10-6-3-7-11-25/h2-14,17,20,22H,15-16,18-19,21H2,1H3,(H,33,36,37)(H,34,38,40). The molecule has 3 aromatic heterocycles. The van der Waals surface area contributed by atoms with Crippen molar-refractivity contribution in [3.8, 4) is 0 Å². The summed E-state index contributed by atoms with van der Waals surface area (Å²) in [7, 11) is 0. The number of rotatable bonds is 7. The van der Waals surface area contributed by atoms with Crippen LogP contribution in [0.4, 0.5) is 11.6 Å². The van der Waals surface area contributed by atoms with Crippen LogP contribution in [-0.2, 0) is 4.79 Å². The lowest BCUT2D eigenvalue weighted by molar-refractivity contribution is -0.126. The number of benzene rings is 2. The number of pyridine rings is 1. The van der Waals surface area contributed by atoms with Gasteiger partial charge in [0.1, 0.15) is 23.6 Å². The van der Waals surface area contributed by atoms with E-state index in [9.17, 15) is 4.79 Å². The van der Waals surface area contributed by atoms with Gasteiger partial charge in [0.05, 0.1) is 23.1 Å². The van der Waals surface area contributed by atoms with Crippen LogP contribution in [0, 0.1) is 12.3 Å². The second-order valence-electron chi connectivity index (χ2n) is 10.3. The lowest BCUT2D eigenvalue weighted by Gasteiger charge is -2.40. The molecule has 8 nitrogen and oxygen atoms in total. The highest BCUT2D eigenvalue weighted by Gasteiger charge is 2.42. The highest BCUT2D eigenvalue weighted by Crippen LogP contribution is 2.36. The number of nitrogens with one attached hydrogen (secondary N) is 2. The highest BCUT2D eigenvalue weighted by atomic mass is 16.2. The van der Waals surface area contributed by atoms with Crippen LogP contribution in [0.1, 0.15) is 29.5 Å². The van der Waals surface area contributed by atoms with Crippen LogP contribution in [0.15, 0.2) is 103 Å². The summed E-state index contributed by atoms with van der Waals surface area (Å²) in [5.41, 5.74) is 4.08. The Labute approximate surface area is 233 Å². The number of H-pyrrole nitrogens is 1. The van der Waals surface area contributed by atoms with Crippen LogP contribution in [0.5, 0.6) is 0 Å². The van der Waals surface area contributed by atoms with Crippen LogP contribution in [0.2, 0.25) is 0 Å². The van der Waals surface area contributed by atoms with Crippen molar-refractivity contribution in [1.29, 1.82) is 0 Å². The maximum absolute atomic E-state index is 14.0. The zero-order valence-corrected chi connectivity index (χ0v) is 22.4. The van der Waals surface area contributed by atoms with Gasteiger partial charge in [-0.3, -0.25) is 9.79 Å². The van der Waals surface area contributed by atoms with Gasteiger partial charge in [-0.25, -0.2) is 15.0 Å². The number of aromatic nitrogens is 4. The average molecular weight is 530 g/mol. The molecular weight excluding hydrogens is 498 g/mol. The van der Waals surface area contributed by atoms with E-state index in [0.717, 1.165) is 39.3 Å². The van der Waals surface area contributed by atoms with Gasteiger partial charge in [-0.05, 0) is 37.5 Å². The number of piperidine rings is 1. The predicted molar refractivity (Wildman–Crippen MR) is 159 cm³/mol. The first-order valence-electron chi connectivity index (χ1n) is 13.5. The third-order valence-electron chi connectivity index (χ3n) is 7.62. The van der Waals surface area contributed by atoms with Crippen molar-refractivity contribution in [2.45, 2.75) is 19.8 Å². The Hall–Kier alpha value is -4.85. The second-order valence-corrected chi connectivity index (χ2v) is 10.3. The first kappa shape index (κ1) is 25.4. The van der Waals surface area contributed by atoms with Gasteiger partial charge in [-0.1, -0.05) is 66.7 Å². The number of carbonyl (C=O) groups is 1. The molecule has 2 N–H and O–H groups in total. The van der Waals surface area contributed by atoms with E-state index < -0.39 is 5.41 Å². The Morgan fingerprint density at radius 3 is 2.27 bits per heavy atom. The van der Waals surface area contributed by atoms with Crippen molar-refractivity contribution in [3.05, 3.63) is 114 Å². The fourth-order valence-electron chi connectivity index (χ4n) is 5.28. The summed E-state index contributed by atoms with van der Waals surface area (Å²) in [5, 5.41) is 4.08. The molecule has 200 valence electrons. The first-order valence-corrected chi connectivity index (χ1v) is 13.5. The van der Waals surface area contributed by atoms with Crippen LogP contribution >= 0.6 is 0 Å². The zero-order chi connectivity index (χ0) is 27.4. The van der Waals surface area contributed by atoms with Crippen molar-refractivity contribution in [3.63, 3.8) is 0 Å². The molecule has 0 radical (unpaired) electrons. The van der Waals surface area contributed by atoms with Crippen LogP contribution in [0.25, 0.3) is 11.0 Å². The van der Waals surface area contributed by atoms with E-state index in [-0.39, 0.29) is 5.91 Å². The molecule has 0 saturated carbocycles. The molecule has 1 fully saturated rings. The van der Waals surface area contributed by atoms with Crippen molar-refractivity contribution in [2.24, 2.45) is 10.4 Å².